The molecule has 1 fully saturated rings. The van der Waals surface area contributed by atoms with E-state index in [-0.39, 0.29) is 0 Å². The molecule has 1 aliphatic heterocycles. The third-order valence-electron chi connectivity index (χ3n) is 5.14. The Morgan fingerprint density at radius 2 is 1.96 bits per heavy atom. The van der Waals surface area contributed by atoms with Crippen LogP contribution in [-0.4, -0.2) is 29.4 Å². The van der Waals surface area contributed by atoms with Crippen molar-refractivity contribution in [3.05, 3.63) is 65.5 Å². The van der Waals surface area contributed by atoms with Crippen molar-refractivity contribution in [3.8, 4) is 11.4 Å². The Bertz CT molecular complexity index is 1070. The summed E-state index contributed by atoms with van der Waals surface area (Å²) in [5.41, 5.74) is 3.07. The molecule has 7 heteroatoms. The summed E-state index contributed by atoms with van der Waals surface area (Å²) in [4.78, 5) is 4.81. The summed E-state index contributed by atoms with van der Waals surface area (Å²) in [6, 6.07) is 14.5. The van der Waals surface area contributed by atoms with Crippen LogP contribution in [0.25, 0.3) is 11.4 Å². The molecule has 0 radical (unpaired) electrons. The van der Waals surface area contributed by atoms with Crippen LogP contribution in [0.3, 0.4) is 0 Å². The van der Waals surface area contributed by atoms with Gasteiger partial charge < -0.3 is 4.52 Å². The van der Waals surface area contributed by atoms with Crippen molar-refractivity contribution in [2.45, 2.75) is 44.0 Å². The number of aryl methyl sites for hydroxylation is 2. The molecular formula is C21H23N3O3S. The number of rotatable bonds is 5. The fourth-order valence-electron chi connectivity index (χ4n) is 3.58. The van der Waals surface area contributed by atoms with Gasteiger partial charge in [0.25, 0.3) is 0 Å². The Kier molecular flexibility index (Phi) is 5.03. The van der Waals surface area contributed by atoms with Crippen LogP contribution in [0.1, 0.15) is 42.8 Å². The van der Waals surface area contributed by atoms with E-state index >= 15 is 0 Å². The maximum atomic E-state index is 13.2. The lowest BCUT2D eigenvalue weighted by atomic mass is 10.1. The second-order valence-corrected chi connectivity index (χ2v) is 8.99. The van der Waals surface area contributed by atoms with Gasteiger partial charge in [-0.2, -0.15) is 9.29 Å². The zero-order valence-electron chi connectivity index (χ0n) is 16.0. The second-order valence-electron chi connectivity index (χ2n) is 7.10. The molecule has 1 aromatic heterocycles. The summed E-state index contributed by atoms with van der Waals surface area (Å²) < 4.78 is 33.3. The molecule has 0 saturated carbocycles. The third-order valence-corrected chi connectivity index (χ3v) is 7.07. The molecule has 4 rings (SSSR count). The Morgan fingerprint density at radius 3 is 2.68 bits per heavy atom. The molecule has 2 aromatic carbocycles. The molecule has 0 bridgehead atoms. The van der Waals surface area contributed by atoms with Crippen LogP contribution in [0.4, 0.5) is 0 Å². The highest BCUT2D eigenvalue weighted by molar-refractivity contribution is 7.89. The summed E-state index contributed by atoms with van der Waals surface area (Å²) in [5, 5.41) is 4.08. The smallest absolute Gasteiger partial charge is 0.245 e. The molecule has 1 saturated heterocycles. The molecule has 3 aromatic rings. The molecule has 1 unspecified atom stereocenters. The number of aromatic nitrogens is 2. The minimum Gasteiger partial charge on any atom is -0.337 e. The van der Waals surface area contributed by atoms with E-state index < -0.39 is 16.1 Å². The molecule has 2 heterocycles. The maximum absolute atomic E-state index is 13.2. The van der Waals surface area contributed by atoms with E-state index in [0.29, 0.717) is 29.6 Å². The van der Waals surface area contributed by atoms with Gasteiger partial charge in [0.2, 0.25) is 21.7 Å². The number of sulfonamides is 1. The van der Waals surface area contributed by atoms with E-state index in [9.17, 15) is 8.42 Å². The summed E-state index contributed by atoms with van der Waals surface area (Å²) in [6.45, 7) is 4.49. The van der Waals surface area contributed by atoms with Crippen molar-refractivity contribution < 1.29 is 12.9 Å². The Hall–Kier alpha value is -2.51. The largest absolute Gasteiger partial charge is 0.337 e. The van der Waals surface area contributed by atoms with E-state index in [1.807, 2.05) is 50.2 Å². The van der Waals surface area contributed by atoms with Crippen molar-refractivity contribution in [3.63, 3.8) is 0 Å². The number of hydrogen-bond donors (Lipinski definition) is 0. The van der Waals surface area contributed by atoms with Crippen LogP contribution in [0.15, 0.2) is 57.9 Å². The monoisotopic (exact) mass is 397 g/mol. The van der Waals surface area contributed by atoms with Crippen molar-refractivity contribution in [2.24, 2.45) is 0 Å². The molecular weight excluding hydrogens is 374 g/mol. The molecule has 0 amide bonds. The zero-order chi connectivity index (χ0) is 19.7. The first kappa shape index (κ1) is 18.8. The van der Waals surface area contributed by atoms with Gasteiger partial charge in [0, 0.05) is 12.1 Å². The van der Waals surface area contributed by atoms with Gasteiger partial charge in [-0.15, -0.1) is 0 Å². The van der Waals surface area contributed by atoms with Gasteiger partial charge in [-0.1, -0.05) is 48.0 Å². The van der Waals surface area contributed by atoms with Crippen LogP contribution in [-0.2, 0) is 16.4 Å². The number of benzene rings is 2. The van der Waals surface area contributed by atoms with E-state index in [2.05, 4.69) is 10.1 Å². The second kappa shape index (κ2) is 7.48. The average Bonchev–Trinajstić information content (AvgIpc) is 3.37. The molecule has 1 aliphatic rings. The summed E-state index contributed by atoms with van der Waals surface area (Å²) >= 11 is 0. The van der Waals surface area contributed by atoms with Crippen LogP contribution in [0.5, 0.6) is 0 Å². The van der Waals surface area contributed by atoms with E-state index in [1.165, 1.54) is 4.31 Å². The van der Waals surface area contributed by atoms with Gasteiger partial charge in [-0.25, -0.2) is 8.42 Å². The van der Waals surface area contributed by atoms with E-state index in [4.69, 9.17) is 4.52 Å². The van der Waals surface area contributed by atoms with E-state index in [1.54, 1.807) is 12.1 Å². The van der Waals surface area contributed by atoms with E-state index in [0.717, 1.165) is 29.5 Å². The van der Waals surface area contributed by atoms with Crippen molar-refractivity contribution >= 4 is 10.0 Å². The fourth-order valence-corrected chi connectivity index (χ4v) is 5.23. The number of nitrogens with zero attached hydrogens (tertiary/aromatic N) is 3. The summed E-state index contributed by atoms with van der Waals surface area (Å²) in [7, 11) is -3.62. The van der Waals surface area contributed by atoms with Crippen molar-refractivity contribution in [1.82, 2.24) is 14.4 Å². The Balaban J connectivity index is 1.63. The Labute approximate surface area is 165 Å². The fraction of sp³-hybridized carbons (Fsp3) is 0.333. The highest BCUT2D eigenvalue weighted by Gasteiger charge is 2.39. The van der Waals surface area contributed by atoms with Gasteiger partial charge in [0.1, 0.15) is 6.04 Å². The minimum absolute atomic E-state index is 0.301. The Morgan fingerprint density at radius 1 is 1.18 bits per heavy atom. The first-order chi connectivity index (χ1) is 13.5. The molecule has 1 atom stereocenters. The van der Waals surface area contributed by atoms with Gasteiger partial charge in [0.15, 0.2) is 0 Å². The maximum Gasteiger partial charge on any atom is 0.245 e. The van der Waals surface area contributed by atoms with Gasteiger partial charge in [-0.05, 0) is 49.9 Å². The predicted octanol–water partition coefficient (Wildman–Crippen LogP) is 4.13. The predicted molar refractivity (Wildman–Crippen MR) is 106 cm³/mol. The molecule has 28 heavy (non-hydrogen) atoms. The summed E-state index contributed by atoms with van der Waals surface area (Å²) in [5.74, 6) is 0.831. The van der Waals surface area contributed by atoms with Crippen LogP contribution in [0.2, 0.25) is 0 Å². The standard InChI is InChI=1S/C21H23N3O3S/c1-3-16-9-11-18(12-10-16)28(25,26)24-13-5-8-19(24)21-22-20(23-27-21)17-7-4-6-15(2)14-17/h4,6-7,9-12,14,19H,3,5,8,13H2,1-2H3. The average molecular weight is 398 g/mol. The van der Waals surface area contributed by atoms with Crippen LogP contribution in [0, 0.1) is 6.92 Å². The van der Waals surface area contributed by atoms with Crippen LogP contribution < -0.4 is 0 Å². The molecule has 0 spiro atoms. The lowest BCUT2D eigenvalue weighted by Gasteiger charge is -2.21. The normalized spacial score (nSPS) is 17.9. The molecule has 0 N–H and O–H groups in total. The SMILES string of the molecule is CCc1ccc(S(=O)(=O)N2CCCC2c2nc(-c3cccc(C)c3)no2)cc1. The number of hydrogen-bond acceptors (Lipinski definition) is 5. The summed E-state index contributed by atoms with van der Waals surface area (Å²) in [6.07, 6.45) is 2.30. The molecule has 6 nitrogen and oxygen atoms in total. The highest BCUT2D eigenvalue weighted by Crippen LogP contribution is 2.36. The first-order valence-corrected chi connectivity index (χ1v) is 10.9. The molecule has 0 aliphatic carbocycles. The zero-order valence-corrected chi connectivity index (χ0v) is 16.8. The lowest BCUT2D eigenvalue weighted by molar-refractivity contribution is 0.290. The first-order valence-electron chi connectivity index (χ1n) is 9.50. The quantitative estimate of drug-likeness (QED) is 0.647. The van der Waals surface area contributed by atoms with Crippen molar-refractivity contribution in [1.29, 1.82) is 0 Å². The minimum atomic E-state index is -3.62. The van der Waals surface area contributed by atoms with Gasteiger partial charge in [-0.3, -0.25) is 0 Å². The van der Waals surface area contributed by atoms with Crippen molar-refractivity contribution in [2.75, 3.05) is 6.54 Å². The van der Waals surface area contributed by atoms with Gasteiger partial charge >= 0.3 is 0 Å². The molecule has 146 valence electrons. The topological polar surface area (TPSA) is 76.3 Å². The third kappa shape index (κ3) is 3.47. The van der Waals surface area contributed by atoms with Gasteiger partial charge in [0.05, 0.1) is 4.90 Å². The lowest BCUT2D eigenvalue weighted by Crippen LogP contribution is -2.30. The van der Waals surface area contributed by atoms with Crippen LogP contribution >= 0.6 is 0 Å². The highest BCUT2D eigenvalue weighted by atomic mass is 32.2.